The molecule has 0 radical (unpaired) electrons. The number of aliphatic hydroxyl groups excluding tert-OH is 1. The van der Waals surface area contributed by atoms with Crippen molar-refractivity contribution in [2.45, 2.75) is 101 Å². The van der Waals surface area contributed by atoms with Crippen molar-refractivity contribution in [1.29, 1.82) is 0 Å². The van der Waals surface area contributed by atoms with Gasteiger partial charge in [0.25, 0.3) is 0 Å². The van der Waals surface area contributed by atoms with E-state index in [4.69, 9.17) is 14.2 Å². The molecule has 0 bridgehead atoms. The third kappa shape index (κ3) is 10.2. The molecule has 10 atom stereocenters. The van der Waals surface area contributed by atoms with Crippen molar-refractivity contribution in [3.05, 3.63) is 0 Å². The van der Waals surface area contributed by atoms with Gasteiger partial charge in [0.05, 0.1) is 50.6 Å². The zero-order valence-electron chi connectivity index (χ0n) is 27.7. The van der Waals surface area contributed by atoms with E-state index in [2.05, 4.69) is 50.4 Å². The molecule has 5 rings (SSSR count). The summed E-state index contributed by atoms with van der Waals surface area (Å²) in [5.41, 5.74) is 0. The van der Waals surface area contributed by atoms with Crippen LogP contribution in [-0.2, 0) is 19.0 Å². The fraction of sp³-hybridized carbons (Fsp3) is 0.969. The van der Waals surface area contributed by atoms with Crippen molar-refractivity contribution >= 4 is 5.91 Å². The summed E-state index contributed by atoms with van der Waals surface area (Å²) in [6.07, 6.45) is 3.90. The van der Waals surface area contributed by atoms with Gasteiger partial charge in [-0.2, -0.15) is 0 Å². The number of alkyl halides is 1. The molecule has 45 heavy (non-hydrogen) atoms. The average molecular weight is 642 g/mol. The summed E-state index contributed by atoms with van der Waals surface area (Å²) in [5, 5.41) is 28.1. The number of carbonyl (C=O) groups excluding carboxylic acids is 1. The number of carbonyl (C=O) groups is 1. The standard InChI is InChI=1S/C32H60FN7O5/c1-21-29(45-20-36-21)19-44-28-13-22-6-9-40(17-24(22)12-27(28)33)18-26(41)16-35-32(42)23-14-30(37-25-4-7-34-8-5-25)38-31(15-23)39(2)10-11-43-3/h21-31,34,36-38,41H,4-20H2,1-3H3,(H,35,42)/t21?,22?,23?,24?,26-,27?,28?,29?,30?,31?/m0/s1. The van der Waals surface area contributed by atoms with Crippen LogP contribution < -0.4 is 26.6 Å². The summed E-state index contributed by atoms with van der Waals surface area (Å²) in [4.78, 5) is 17.9. The van der Waals surface area contributed by atoms with Gasteiger partial charge in [0.2, 0.25) is 5.91 Å². The fourth-order valence-corrected chi connectivity index (χ4v) is 7.98. The quantitative estimate of drug-likeness (QED) is 0.151. The maximum Gasteiger partial charge on any atom is 0.223 e. The van der Waals surface area contributed by atoms with E-state index in [9.17, 15) is 9.90 Å². The van der Waals surface area contributed by atoms with E-state index >= 15 is 4.39 Å². The number of likely N-dealkylation sites (tertiary alicyclic amines) is 1. The zero-order chi connectivity index (χ0) is 31.8. The van der Waals surface area contributed by atoms with Crippen LogP contribution in [0.1, 0.15) is 51.9 Å². The third-order valence-electron chi connectivity index (χ3n) is 10.9. The van der Waals surface area contributed by atoms with Gasteiger partial charge >= 0.3 is 0 Å². The number of β-amino-alcohol motifs (C(OH)–C–C–N with tert-alkyl or cyclic N) is 1. The fourth-order valence-electron chi connectivity index (χ4n) is 7.98. The number of methoxy groups -OCH3 is 1. The van der Waals surface area contributed by atoms with Crippen molar-refractivity contribution in [3.63, 3.8) is 0 Å². The summed E-state index contributed by atoms with van der Waals surface area (Å²) >= 11 is 0. The zero-order valence-corrected chi connectivity index (χ0v) is 27.7. The van der Waals surface area contributed by atoms with Gasteiger partial charge in [-0.05, 0) is 90.4 Å². The molecule has 5 aliphatic rings. The molecule has 1 aliphatic carbocycles. The van der Waals surface area contributed by atoms with Crippen LogP contribution in [0.3, 0.4) is 0 Å². The Bertz CT molecular complexity index is 904. The third-order valence-corrected chi connectivity index (χ3v) is 10.9. The van der Waals surface area contributed by atoms with Crippen molar-refractivity contribution in [1.82, 2.24) is 36.4 Å². The maximum atomic E-state index is 15.1. The molecule has 13 heteroatoms. The molecule has 0 aromatic rings. The van der Waals surface area contributed by atoms with Crippen molar-refractivity contribution in [3.8, 4) is 0 Å². The number of hydrogen-bond acceptors (Lipinski definition) is 11. The number of rotatable bonds is 14. The molecule has 0 spiro atoms. The highest BCUT2D eigenvalue weighted by Gasteiger charge is 2.42. The average Bonchev–Trinajstić information content (AvgIpc) is 3.46. The first-order chi connectivity index (χ1) is 21.8. The van der Waals surface area contributed by atoms with Crippen LogP contribution in [0.4, 0.5) is 4.39 Å². The van der Waals surface area contributed by atoms with E-state index in [0.29, 0.717) is 57.7 Å². The molecule has 260 valence electrons. The van der Waals surface area contributed by atoms with Gasteiger partial charge in [-0.1, -0.05) is 0 Å². The molecule has 1 saturated carbocycles. The van der Waals surface area contributed by atoms with Crippen LogP contribution in [-0.4, -0.2) is 150 Å². The minimum Gasteiger partial charge on any atom is -0.390 e. The first kappa shape index (κ1) is 35.3. The SMILES string of the molecule is COCCN(C)C1CC(C(=O)NC[C@H](O)CN2CCC3CC(OCC4OCNC4C)C(F)CC3C2)CC(NC2CCNCC2)N1. The second-order valence-corrected chi connectivity index (χ2v) is 14.2. The lowest BCUT2D eigenvalue weighted by Crippen LogP contribution is -2.62. The molecule has 12 nitrogen and oxygen atoms in total. The molecule has 6 N–H and O–H groups in total. The Morgan fingerprint density at radius 2 is 2.00 bits per heavy atom. The maximum absolute atomic E-state index is 15.1. The number of amides is 1. The van der Waals surface area contributed by atoms with Gasteiger partial charge in [-0.25, -0.2) is 4.39 Å². The Kier molecular flexibility index (Phi) is 13.7. The topological polar surface area (TPSA) is 132 Å². The highest BCUT2D eigenvalue weighted by molar-refractivity contribution is 5.78. The number of fused-ring (bicyclic) bond motifs is 1. The number of ether oxygens (including phenoxy) is 3. The lowest BCUT2D eigenvalue weighted by atomic mass is 9.73. The molecule has 9 unspecified atom stereocenters. The number of likely N-dealkylation sites (N-methyl/N-ethyl adjacent to an activating group) is 1. The highest BCUT2D eigenvalue weighted by Crippen LogP contribution is 2.39. The van der Waals surface area contributed by atoms with Crippen LogP contribution >= 0.6 is 0 Å². The molecule has 4 heterocycles. The summed E-state index contributed by atoms with van der Waals surface area (Å²) in [5.74, 6) is 0.562. The number of piperidine rings is 3. The Labute approximate surface area is 269 Å². The van der Waals surface area contributed by atoms with E-state index in [1.807, 2.05) is 0 Å². The van der Waals surface area contributed by atoms with E-state index in [0.717, 1.165) is 58.4 Å². The second-order valence-electron chi connectivity index (χ2n) is 14.2. The molecule has 5 fully saturated rings. The van der Waals surface area contributed by atoms with Gasteiger partial charge in [-0.15, -0.1) is 0 Å². The highest BCUT2D eigenvalue weighted by atomic mass is 19.1. The number of nitrogens with zero attached hydrogens (tertiary/aromatic N) is 2. The van der Waals surface area contributed by atoms with Crippen LogP contribution in [0.2, 0.25) is 0 Å². The summed E-state index contributed by atoms with van der Waals surface area (Å²) < 4.78 is 32.1. The van der Waals surface area contributed by atoms with Gasteiger partial charge in [0.1, 0.15) is 6.17 Å². The summed E-state index contributed by atoms with van der Waals surface area (Å²) in [6.45, 7) is 8.82. The smallest absolute Gasteiger partial charge is 0.223 e. The Balaban J connectivity index is 1.05. The predicted molar refractivity (Wildman–Crippen MR) is 170 cm³/mol. The second kappa shape index (κ2) is 17.4. The minimum absolute atomic E-state index is 0.00304. The van der Waals surface area contributed by atoms with E-state index in [1.54, 1.807) is 7.11 Å². The van der Waals surface area contributed by atoms with Crippen molar-refractivity contribution < 1.29 is 28.5 Å². The van der Waals surface area contributed by atoms with Gasteiger partial charge < -0.3 is 34.9 Å². The van der Waals surface area contributed by atoms with Gasteiger partial charge in [0, 0.05) is 51.3 Å². The Hall–Kier alpha value is -1.00. The molecular formula is C32H60FN7O5. The summed E-state index contributed by atoms with van der Waals surface area (Å²) in [7, 11) is 3.78. The molecule has 0 aromatic carbocycles. The molecule has 1 amide bonds. The van der Waals surface area contributed by atoms with E-state index < -0.39 is 12.3 Å². The van der Waals surface area contributed by atoms with E-state index in [1.165, 1.54) is 0 Å². The number of aliphatic hydroxyl groups is 1. The number of nitrogens with one attached hydrogen (secondary N) is 5. The normalized spacial score (nSPS) is 37.4. The van der Waals surface area contributed by atoms with E-state index in [-0.39, 0.29) is 54.9 Å². The Morgan fingerprint density at radius 3 is 2.76 bits per heavy atom. The van der Waals surface area contributed by atoms with Crippen LogP contribution in [0.15, 0.2) is 0 Å². The molecule has 0 aromatic heterocycles. The molecule has 4 aliphatic heterocycles. The van der Waals surface area contributed by atoms with Crippen molar-refractivity contribution in [2.24, 2.45) is 17.8 Å². The summed E-state index contributed by atoms with van der Waals surface area (Å²) in [6, 6.07) is 0.658. The lowest BCUT2D eigenvalue weighted by molar-refractivity contribution is -0.128. The molecular weight excluding hydrogens is 581 g/mol. The van der Waals surface area contributed by atoms with Crippen LogP contribution in [0.5, 0.6) is 0 Å². The number of halogens is 1. The van der Waals surface area contributed by atoms with Gasteiger partial charge in [-0.3, -0.25) is 25.6 Å². The predicted octanol–water partition coefficient (Wildman–Crippen LogP) is -0.175. The van der Waals surface area contributed by atoms with Crippen LogP contribution in [0.25, 0.3) is 0 Å². The largest absolute Gasteiger partial charge is 0.390 e. The molecule has 4 saturated heterocycles. The van der Waals surface area contributed by atoms with Gasteiger partial charge in [0.15, 0.2) is 0 Å². The first-order valence-electron chi connectivity index (χ1n) is 17.5. The monoisotopic (exact) mass is 641 g/mol. The van der Waals surface area contributed by atoms with Crippen molar-refractivity contribution in [2.75, 3.05) is 79.9 Å². The number of hydrogen-bond donors (Lipinski definition) is 6. The lowest BCUT2D eigenvalue weighted by Gasteiger charge is -2.45. The Morgan fingerprint density at radius 1 is 1.18 bits per heavy atom. The minimum atomic E-state index is -0.976. The van der Waals surface area contributed by atoms with Crippen LogP contribution in [0, 0.1) is 17.8 Å². The first-order valence-corrected chi connectivity index (χ1v) is 17.5.